The van der Waals surface area contributed by atoms with Gasteiger partial charge in [0.2, 0.25) is 10.0 Å². The molecule has 0 amide bonds. The van der Waals surface area contributed by atoms with Crippen LogP contribution >= 0.6 is 0 Å². The third-order valence-corrected chi connectivity index (χ3v) is 8.48. The molecular weight excluding hydrogens is 412 g/mol. The first-order chi connectivity index (χ1) is 14.6. The molecule has 1 aliphatic carbocycles. The number of Topliss-reactive ketones (excluding diaryl/α,β-unsaturated/α-hetero) is 1. The lowest BCUT2D eigenvalue weighted by molar-refractivity contribution is -0.134. The van der Waals surface area contributed by atoms with Crippen LogP contribution in [-0.4, -0.2) is 42.4 Å². The fraction of sp³-hybridized carbons (Fsp3) is 0.500. The minimum absolute atomic E-state index is 0.0794. The van der Waals surface area contributed by atoms with Gasteiger partial charge >= 0.3 is 0 Å². The summed E-state index contributed by atoms with van der Waals surface area (Å²) in [5, 5.41) is 1.70. The summed E-state index contributed by atoms with van der Waals surface area (Å²) in [4.78, 5) is 25.6. The average molecular weight is 445 g/mol. The predicted molar refractivity (Wildman–Crippen MR) is 122 cm³/mol. The van der Waals surface area contributed by atoms with Gasteiger partial charge in [0.05, 0.1) is 22.5 Å². The van der Waals surface area contributed by atoms with Crippen molar-refractivity contribution >= 4 is 32.9 Å². The van der Waals surface area contributed by atoms with Crippen molar-refractivity contribution in [1.82, 2.24) is 4.31 Å². The molecule has 0 heterocycles. The molecule has 7 heteroatoms. The lowest BCUT2D eigenvalue weighted by Crippen LogP contribution is -2.65. The van der Waals surface area contributed by atoms with E-state index in [4.69, 9.17) is 5.73 Å². The van der Waals surface area contributed by atoms with Crippen molar-refractivity contribution < 1.29 is 18.0 Å². The topological polar surface area (TPSA) is 97.5 Å². The summed E-state index contributed by atoms with van der Waals surface area (Å²) >= 11 is 0. The van der Waals surface area contributed by atoms with Gasteiger partial charge < -0.3 is 10.5 Å². The van der Waals surface area contributed by atoms with Crippen LogP contribution in [0.1, 0.15) is 52.9 Å². The van der Waals surface area contributed by atoms with Crippen LogP contribution in [0.3, 0.4) is 0 Å². The second-order valence-corrected chi connectivity index (χ2v) is 10.7. The van der Waals surface area contributed by atoms with Crippen LogP contribution in [0.15, 0.2) is 47.4 Å². The van der Waals surface area contributed by atoms with E-state index in [2.05, 4.69) is 0 Å². The Bertz CT molecular complexity index is 1060. The van der Waals surface area contributed by atoms with Crippen molar-refractivity contribution in [3.05, 3.63) is 42.5 Å². The standard InChI is InChI=1S/C24H32N2O4S/c1-17(2)22(25)23(28)24(13-7-4-8-14-24)26(18(3)16-27)31(29,30)21-12-11-19-9-5-6-10-20(19)15-21/h5-6,9-12,15-18,22H,4,7-8,13-14,25H2,1-3H3/t18-,22-/m0/s1. The monoisotopic (exact) mass is 444 g/mol. The molecule has 0 spiro atoms. The molecule has 1 aliphatic rings. The number of aldehydes is 1. The number of benzene rings is 2. The van der Waals surface area contributed by atoms with E-state index >= 15 is 0 Å². The van der Waals surface area contributed by atoms with Crippen LogP contribution in [0.25, 0.3) is 10.8 Å². The van der Waals surface area contributed by atoms with E-state index in [0.717, 1.165) is 17.2 Å². The summed E-state index contributed by atoms with van der Waals surface area (Å²) in [5.74, 6) is -0.427. The number of ketones is 1. The van der Waals surface area contributed by atoms with Crippen LogP contribution in [0.5, 0.6) is 0 Å². The van der Waals surface area contributed by atoms with Crippen molar-refractivity contribution in [1.29, 1.82) is 0 Å². The Morgan fingerprint density at radius 1 is 1.03 bits per heavy atom. The van der Waals surface area contributed by atoms with E-state index < -0.39 is 27.6 Å². The first-order valence-corrected chi connectivity index (χ1v) is 12.4. The summed E-state index contributed by atoms with van der Waals surface area (Å²) in [6.07, 6.45) is 3.70. The molecule has 3 rings (SSSR count). The fourth-order valence-electron chi connectivity index (χ4n) is 4.66. The molecule has 31 heavy (non-hydrogen) atoms. The Balaban J connectivity index is 2.19. The number of nitrogens with zero attached hydrogens (tertiary/aromatic N) is 1. The molecule has 2 aromatic rings. The summed E-state index contributed by atoms with van der Waals surface area (Å²) < 4.78 is 29.1. The summed E-state index contributed by atoms with van der Waals surface area (Å²) in [7, 11) is -4.14. The first-order valence-electron chi connectivity index (χ1n) is 10.9. The van der Waals surface area contributed by atoms with Crippen molar-refractivity contribution in [3.8, 4) is 0 Å². The van der Waals surface area contributed by atoms with Crippen molar-refractivity contribution in [2.75, 3.05) is 0 Å². The molecule has 168 valence electrons. The highest BCUT2D eigenvalue weighted by atomic mass is 32.2. The van der Waals surface area contributed by atoms with Crippen molar-refractivity contribution in [3.63, 3.8) is 0 Å². The SMILES string of the molecule is CC(C)[C@H](N)C(=O)C1(N([C@@H](C)C=O)S(=O)(=O)c2ccc3ccccc3c2)CCCCC1. The Hall–Kier alpha value is -2.09. The van der Waals surface area contributed by atoms with Gasteiger partial charge in [-0.25, -0.2) is 8.42 Å². The lowest BCUT2D eigenvalue weighted by atomic mass is 9.74. The molecule has 0 radical (unpaired) electrons. The average Bonchev–Trinajstić information content (AvgIpc) is 2.77. The molecule has 0 bridgehead atoms. The van der Waals surface area contributed by atoms with E-state index in [9.17, 15) is 18.0 Å². The zero-order valence-electron chi connectivity index (χ0n) is 18.5. The molecule has 2 N–H and O–H groups in total. The van der Waals surface area contributed by atoms with Gasteiger partial charge in [-0.05, 0) is 48.6 Å². The molecule has 6 nitrogen and oxygen atoms in total. The molecule has 0 unspecified atom stereocenters. The second-order valence-electron chi connectivity index (χ2n) is 8.91. The minimum atomic E-state index is -4.14. The highest BCUT2D eigenvalue weighted by Crippen LogP contribution is 2.40. The van der Waals surface area contributed by atoms with E-state index in [0.29, 0.717) is 32.0 Å². The van der Waals surface area contributed by atoms with Crippen LogP contribution in [-0.2, 0) is 19.6 Å². The number of nitrogens with two attached hydrogens (primary N) is 1. The van der Waals surface area contributed by atoms with Gasteiger partial charge in [0, 0.05) is 0 Å². The molecular formula is C24H32N2O4S. The lowest BCUT2D eigenvalue weighted by Gasteiger charge is -2.47. The normalized spacial score (nSPS) is 18.8. The van der Waals surface area contributed by atoms with E-state index in [1.165, 1.54) is 11.2 Å². The first kappa shape index (κ1) is 23.6. The van der Waals surface area contributed by atoms with E-state index in [1.54, 1.807) is 18.2 Å². The summed E-state index contributed by atoms with van der Waals surface area (Å²) in [5.41, 5.74) is 4.94. The number of sulfonamides is 1. The van der Waals surface area contributed by atoms with Crippen LogP contribution in [0.2, 0.25) is 0 Å². The van der Waals surface area contributed by atoms with Gasteiger partial charge in [-0.3, -0.25) is 4.79 Å². The number of rotatable bonds is 8. The van der Waals surface area contributed by atoms with Gasteiger partial charge in [-0.15, -0.1) is 0 Å². The highest BCUT2D eigenvalue weighted by Gasteiger charge is 2.53. The van der Waals surface area contributed by atoms with E-state index in [1.807, 2.05) is 38.1 Å². The van der Waals surface area contributed by atoms with Crippen LogP contribution < -0.4 is 5.73 Å². The minimum Gasteiger partial charge on any atom is -0.321 e. The maximum atomic E-state index is 14.0. The number of hydrogen-bond acceptors (Lipinski definition) is 5. The van der Waals surface area contributed by atoms with Gasteiger partial charge in [0.1, 0.15) is 6.29 Å². The molecule has 0 aromatic heterocycles. The number of hydrogen-bond donors (Lipinski definition) is 1. The quantitative estimate of drug-likeness (QED) is 0.627. The van der Waals surface area contributed by atoms with Crippen LogP contribution in [0, 0.1) is 5.92 Å². The molecule has 0 saturated heterocycles. The predicted octanol–water partition coefficient (Wildman–Crippen LogP) is 3.67. The smallest absolute Gasteiger partial charge is 0.244 e. The highest BCUT2D eigenvalue weighted by molar-refractivity contribution is 7.89. The summed E-state index contributed by atoms with van der Waals surface area (Å²) in [6.45, 7) is 5.24. The Morgan fingerprint density at radius 3 is 2.23 bits per heavy atom. The number of carbonyl (C=O) groups is 2. The Morgan fingerprint density at radius 2 is 1.65 bits per heavy atom. The van der Waals surface area contributed by atoms with E-state index in [-0.39, 0.29) is 16.6 Å². The zero-order valence-corrected chi connectivity index (χ0v) is 19.3. The van der Waals surface area contributed by atoms with Gasteiger partial charge in [-0.2, -0.15) is 4.31 Å². The zero-order chi connectivity index (χ0) is 22.8. The summed E-state index contributed by atoms with van der Waals surface area (Å²) in [6, 6.07) is 10.6. The molecule has 2 atom stereocenters. The molecule has 1 saturated carbocycles. The fourth-order valence-corrected chi connectivity index (χ4v) is 6.62. The molecule has 1 fully saturated rings. The Labute approximate surface area is 184 Å². The maximum absolute atomic E-state index is 14.0. The van der Waals surface area contributed by atoms with Gasteiger partial charge in [0.25, 0.3) is 0 Å². The third-order valence-electron chi connectivity index (χ3n) is 6.43. The van der Waals surface area contributed by atoms with Gasteiger partial charge in [0.15, 0.2) is 5.78 Å². The van der Waals surface area contributed by atoms with Crippen molar-refractivity contribution in [2.45, 2.75) is 75.4 Å². The molecule has 0 aliphatic heterocycles. The number of carbonyl (C=O) groups excluding carboxylic acids is 2. The Kier molecular flexibility index (Phi) is 6.98. The second kappa shape index (κ2) is 9.18. The van der Waals surface area contributed by atoms with Gasteiger partial charge in [-0.1, -0.05) is 63.4 Å². The molecule has 2 aromatic carbocycles. The maximum Gasteiger partial charge on any atom is 0.244 e. The number of fused-ring (bicyclic) bond motifs is 1. The largest absolute Gasteiger partial charge is 0.321 e. The van der Waals surface area contributed by atoms with Crippen molar-refractivity contribution in [2.24, 2.45) is 11.7 Å². The van der Waals surface area contributed by atoms with Crippen LogP contribution in [0.4, 0.5) is 0 Å². The third kappa shape index (κ3) is 4.31.